The van der Waals surface area contributed by atoms with Gasteiger partial charge < -0.3 is 4.43 Å². The van der Waals surface area contributed by atoms with Crippen LogP contribution >= 0.6 is 11.6 Å². The largest absolute Gasteiger partial charge is 0.414 e. The highest BCUT2D eigenvalue weighted by molar-refractivity contribution is 6.47. The van der Waals surface area contributed by atoms with Gasteiger partial charge in [0, 0.05) is 10.6 Å². The van der Waals surface area contributed by atoms with E-state index in [1.807, 2.05) is 18.2 Å². The van der Waals surface area contributed by atoms with Crippen molar-refractivity contribution < 1.29 is 4.43 Å². The molecule has 1 nitrogen and oxygen atoms in total. The van der Waals surface area contributed by atoms with E-state index in [1.54, 1.807) is 0 Å². The SMILES string of the molecule is CC(C)(C)O[SiH2]c1cccc(Cl)c1. The maximum absolute atomic E-state index is 5.86. The Morgan fingerprint density at radius 1 is 1.31 bits per heavy atom. The summed E-state index contributed by atoms with van der Waals surface area (Å²) in [5, 5.41) is 2.05. The second-order valence-electron chi connectivity index (χ2n) is 4.03. The molecule has 1 aromatic rings. The van der Waals surface area contributed by atoms with Crippen LogP contribution in [0.15, 0.2) is 24.3 Å². The van der Waals surface area contributed by atoms with Gasteiger partial charge in [-0.05, 0) is 38.1 Å². The number of hydrogen-bond donors (Lipinski definition) is 0. The van der Waals surface area contributed by atoms with Crippen LogP contribution in [0.4, 0.5) is 0 Å². The summed E-state index contributed by atoms with van der Waals surface area (Å²) in [6.45, 7) is 6.22. The van der Waals surface area contributed by atoms with Gasteiger partial charge in [0.15, 0.2) is 9.76 Å². The van der Waals surface area contributed by atoms with Crippen LogP contribution in [0.1, 0.15) is 20.8 Å². The van der Waals surface area contributed by atoms with Crippen LogP contribution in [-0.4, -0.2) is 15.4 Å². The normalized spacial score (nSPS) is 12.6. The van der Waals surface area contributed by atoms with E-state index in [4.69, 9.17) is 16.0 Å². The van der Waals surface area contributed by atoms with Crippen molar-refractivity contribution in [3.8, 4) is 0 Å². The smallest absolute Gasteiger partial charge is 0.193 e. The number of benzene rings is 1. The van der Waals surface area contributed by atoms with Gasteiger partial charge in [0.1, 0.15) is 0 Å². The molecule has 13 heavy (non-hydrogen) atoms. The molecule has 0 aromatic heterocycles. The lowest BCUT2D eigenvalue weighted by molar-refractivity contribution is 0.142. The monoisotopic (exact) mass is 214 g/mol. The van der Waals surface area contributed by atoms with Crippen molar-refractivity contribution in [3.63, 3.8) is 0 Å². The molecule has 0 unspecified atom stereocenters. The molecular formula is C10H15ClOSi. The molecule has 72 valence electrons. The molecule has 0 amide bonds. The first-order valence-corrected chi connectivity index (χ1v) is 6.02. The zero-order valence-electron chi connectivity index (χ0n) is 8.30. The Balaban J connectivity index is 2.55. The summed E-state index contributed by atoms with van der Waals surface area (Å²) in [5.41, 5.74) is -0.0332. The van der Waals surface area contributed by atoms with Crippen LogP contribution in [0, 0.1) is 0 Å². The average Bonchev–Trinajstić information content (AvgIpc) is 2.00. The molecule has 0 saturated heterocycles. The van der Waals surface area contributed by atoms with Crippen molar-refractivity contribution in [1.82, 2.24) is 0 Å². The van der Waals surface area contributed by atoms with Gasteiger partial charge in [-0.1, -0.05) is 23.7 Å². The van der Waals surface area contributed by atoms with E-state index in [-0.39, 0.29) is 5.60 Å². The molecule has 0 aliphatic carbocycles. The maximum atomic E-state index is 5.86. The molecule has 0 bridgehead atoms. The lowest BCUT2D eigenvalue weighted by Gasteiger charge is -2.19. The highest BCUT2D eigenvalue weighted by Gasteiger charge is 2.09. The first-order chi connectivity index (χ1) is 5.97. The Hall–Kier alpha value is -0.313. The molecule has 0 radical (unpaired) electrons. The molecule has 0 atom stereocenters. The minimum absolute atomic E-state index is 0.0332. The van der Waals surface area contributed by atoms with Gasteiger partial charge in [0.25, 0.3) is 0 Å². The van der Waals surface area contributed by atoms with E-state index in [2.05, 4.69) is 26.8 Å². The summed E-state index contributed by atoms with van der Waals surface area (Å²) >= 11 is 5.86. The molecule has 1 rings (SSSR count). The van der Waals surface area contributed by atoms with Crippen molar-refractivity contribution in [3.05, 3.63) is 29.3 Å². The first kappa shape index (κ1) is 10.8. The van der Waals surface area contributed by atoms with E-state index >= 15 is 0 Å². The number of halogens is 1. The minimum Gasteiger partial charge on any atom is -0.414 e. The molecule has 3 heteroatoms. The fourth-order valence-electron chi connectivity index (χ4n) is 0.927. The van der Waals surface area contributed by atoms with Crippen molar-refractivity contribution in [2.75, 3.05) is 0 Å². The van der Waals surface area contributed by atoms with Crippen LogP contribution in [0.3, 0.4) is 0 Å². The van der Waals surface area contributed by atoms with Crippen molar-refractivity contribution in [1.29, 1.82) is 0 Å². The summed E-state index contributed by atoms with van der Waals surface area (Å²) in [6.07, 6.45) is 0. The summed E-state index contributed by atoms with van der Waals surface area (Å²) in [5.74, 6) is 0. The van der Waals surface area contributed by atoms with E-state index < -0.39 is 9.76 Å². The third-order valence-electron chi connectivity index (χ3n) is 1.56. The Morgan fingerprint density at radius 3 is 2.54 bits per heavy atom. The third-order valence-corrected chi connectivity index (χ3v) is 3.58. The fourth-order valence-corrected chi connectivity index (χ4v) is 2.40. The van der Waals surface area contributed by atoms with Gasteiger partial charge in [0.05, 0.1) is 0 Å². The lowest BCUT2D eigenvalue weighted by Crippen LogP contribution is -2.28. The Bertz CT molecular complexity index is 280. The van der Waals surface area contributed by atoms with Crippen LogP contribution in [-0.2, 0) is 4.43 Å². The minimum atomic E-state index is -0.621. The van der Waals surface area contributed by atoms with E-state index in [0.717, 1.165) is 5.02 Å². The van der Waals surface area contributed by atoms with E-state index in [1.165, 1.54) is 5.19 Å². The molecule has 1 aromatic carbocycles. The summed E-state index contributed by atoms with van der Waals surface area (Å²) in [6, 6.07) is 7.91. The molecule has 0 saturated carbocycles. The van der Waals surface area contributed by atoms with Gasteiger partial charge in [-0.15, -0.1) is 0 Å². The van der Waals surface area contributed by atoms with Gasteiger partial charge >= 0.3 is 0 Å². The van der Waals surface area contributed by atoms with Crippen molar-refractivity contribution >= 4 is 26.6 Å². The highest BCUT2D eigenvalue weighted by atomic mass is 35.5. The molecule has 0 N–H and O–H groups in total. The maximum Gasteiger partial charge on any atom is 0.193 e. The Morgan fingerprint density at radius 2 is 2.00 bits per heavy atom. The quantitative estimate of drug-likeness (QED) is 0.684. The van der Waals surface area contributed by atoms with E-state index in [9.17, 15) is 0 Å². The second kappa shape index (κ2) is 4.27. The molecule has 0 spiro atoms. The standard InChI is InChI=1S/C10H15ClOSi/c1-10(2,3)12-13-9-6-4-5-8(11)7-9/h4-7H,13H2,1-3H3. The van der Waals surface area contributed by atoms with Gasteiger partial charge in [-0.3, -0.25) is 0 Å². The summed E-state index contributed by atoms with van der Waals surface area (Å²) < 4.78 is 5.75. The lowest BCUT2D eigenvalue weighted by atomic mass is 10.2. The second-order valence-corrected chi connectivity index (χ2v) is 5.86. The van der Waals surface area contributed by atoms with Crippen LogP contribution < -0.4 is 5.19 Å². The summed E-state index contributed by atoms with van der Waals surface area (Å²) in [4.78, 5) is 0. The fraction of sp³-hybridized carbons (Fsp3) is 0.400. The zero-order chi connectivity index (χ0) is 9.90. The Labute approximate surface area is 87.0 Å². The van der Waals surface area contributed by atoms with Gasteiger partial charge in [-0.25, -0.2) is 0 Å². The number of hydrogen-bond acceptors (Lipinski definition) is 1. The van der Waals surface area contributed by atoms with Crippen LogP contribution in [0.5, 0.6) is 0 Å². The average molecular weight is 215 g/mol. The van der Waals surface area contributed by atoms with Gasteiger partial charge in [-0.2, -0.15) is 0 Å². The Kier molecular flexibility index (Phi) is 3.53. The predicted molar refractivity (Wildman–Crippen MR) is 60.5 cm³/mol. The van der Waals surface area contributed by atoms with Gasteiger partial charge in [0.2, 0.25) is 0 Å². The van der Waals surface area contributed by atoms with Crippen LogP contribution in [0.25, 0.3) is 0 Å². The van der Waals surface area contributed by atoms with Crippen molar-refractivity contribution in [2.24, 2.45) is 0 Å². The third kappa shape index (κ3) is 4.46. The topological polar surface area (TPSA) is 9.23 Å². The zero-order valence-corrected chi connectivity index (χ0v) is 10.5. The molecule has 0 aliphatic heterocycles. The van der Waals surface area contributed by atoms with Crippen molar-refractivity contribution in [2.45, 2.75) is 26.4 Å². The van der Waals surface area contributed by atoms with Crippen LogP contribution in [0.2, 0.25) is 5.02 Å². The molecule has 0 heterocycles. The molecule has 0 fully saturated rings. The first-order valence-electron chi connectivity index (χ1n) is 4.36. The number of rotatable bonds is 2. The highest BCUT2D eigenvalue weighted by Crippen LogP contribution is 2.06. The predicted octanol–water partition coefficient (Wildman–Crippen LogP) is 1.86. The molecule has 0 aliphatic rings. The molecular weight excluding hydrogens is 200 g/mol. The van der Waals surface area contributed by atoms with E-state index in [0.29, 0.717) is 0 Å². The summed E-state index contributed by atoms with van der Waals surface area (Å²) in [7, 11) is -0.621.